The molecule has 2 heterocycles. The molecule has 2 aromatic rings. The molecular formula is C17H21ClN4O4S. The molecule has 0 bridgehead atoms. The minimum atomic E-state index is -0.595. The molecule has 10 heteroatoms. The van der Waals surface area contributed by atoms with Crippen molar-refractivity contribution < 1.29 is 19.1 Å². The number of thiazole rings is 1. The van der Waals surface area contributed by atoms with E-state index in [4.69, 9.17) is 15.2 Å². The van der Waals surface area contributed by atoms with Crippen LogP contribution in [0.3, 0.4) is 0 Å². The highest BCUT2D eigenvalue weighted by molar-refractivity contribution is 7.09. The summed E-state index contributed by atoms with van der Waals surface area (Å²) >= 11 is 1.32. The van der Waals surface area contributed by atoms with Crippen LogP contribution in [-0.2, 0) is 11.3 Å². The number of halogens is 1. The molecule has 1 aromatic heterocycles. The zero-order chi connectivity index (χ0) is 18.7. The summed E-state index contributed by atoms with van der Waals surface area (Å²) < 4.78 is 10.5. The summed E-state index contributed by atoms with van der Waals surface area (Å²) in [4.78, 5) is 30.8. The number of amides is 2. The quantitative estimate of drug-likeness (QED) is 0.745. The number of nitrogens with one attached hydrogen (secondary N) is 1. The maximum Gasteiger partial charge on any atom is 0.271 e. The van der Waals surface area contributed by atoms with Crippen LogP contribution in [0.5, 0.6) is 11.5 Å². The van der Waals surface area contributed by atoms with Crippen LogP contribution in [0.25, 0.3) is 0 Å². The van der Waals surface area contributed by atoms with E-state index in [0.717, 1.165) is 0 Å². The van der Waals surface area contributed by atoms with Crippen LogP contribution in [-0.4, -0.2) is 43.6 Å². The van der Waals surface area contributed by atoms with Crippen LogP contribution in [0.4, 0.5) is 5.69 Å². The average molecular weight is 413 g/mol. The van der Waals surface area contributed by atoms with Gasteiger partial charge in [0.15, 0.2) is 0 Å². The molecule has 3 rings (SSSR count). The molecule has 2 amide bonds. The molecule has 1 aromatic carbocycles. The number of anilines is 1. The number of carbonyl (C=O) groups is 2. The summed E-state index contributed by atoms with van der Waals surface area (Å²) in [5.41, 5.74) is 6.46. The molecule has 1 aliphatic rings. The Labute approximate surface area is 167 Å². The van der Waals surface area contributed by atoms with Gasteiger partial charge < -0.3 is 25.4 Å². The maximum absolute atomic E-state index is 12.7. The summed E-state index contributed by atoms with van der Waals surface area (Å²) in [5, 5.41) is 5.07. The monoisotopic (exact) mass is 412 g/mol. The second kappa shape index (κ2) is 9.03. The molecule has 1 aliphatic heterocycles. The lowest BCUT2D eigenvalue weighted by Gasteiger charge is -2.19. The molecule has 0 radical (unpaired) electrons. The number of aromatic nitrogens is 1. The first-order valence-corrected chi connectivity index (χ1v) is 8.93. The van der Waals surface area contributed by atoms with Gasteiger partial charge in [0.25, 0.3) is 5.91 Å². The first-order chi connectivity index (χ1) is 12.5. The van der Waals surface area contributed by atoms with E-state index in [0.29, 0.717) is 35.2 Å². The third kappa shape index (κ3) is 4.49. The molecule has 0 aliphatic carbocycles. The van der Waals surface area contributed by atoms with Crippen LogP contribution >= 0.6 is 23.7 Å². The number of hydrogen-bond donors (Lipinski definition) is 2. The van der Waals surface area contributed by atoms with E-state index in [-0.39, 0.29) is 36.5 Å². The number of benzene rings is 1. The zero-order valence-electron chi connectivity index (χ0n) is 14.9. The van der Waals surface area contributed by atoms with Gasteiger partial charge in [0.1, 0.15) is 28.2 Å². The predicted octanol–water partition coefficient (Wildman–Crippen LogP) is 1.58. The molecule has 0 saturated carbocycles. The Morgan fingerprint density at radius 2 is 2.00 bits per heavy atom. The van der Waals surface area contributed by atoms with Crippen molar-refractivity contribution in [3.8, 4) is 11.5 Å². The van der Waals surface area contributed by atoms with Crippen LogP contribution in [0.2, 0.25) is 0 Å². The van der Waals surface area contributed by atoms with Gasteiger partial charge in [-0.05, 0) is 6.42 Å². The van der Waals surface area contributed by atoms with Crippen molar-refractivity contribution in [1.82, 2.24) is 10.3 Å². The summed E-state index contributed by atoms with van der Waals surface area (Å²) in [5.74, 6) is 0.639. The van der Waals surface area contributed by atoms with Crippen LogP contribution in [0.1, 0.15) is 21.9 Å². The first kappa shape index (κ1) is 20.9. The van der Waals surface area contributed by atoms with E-state index in [1.807, 2.05) is 0 Å². The van der Waals surface area contributed by atoms with E-state index in [2.05, 4.69) is 10.3 Å². The third-order valence-electron chi connectivity index (χ3n) is 4.12. The van der Waals surface area contributed by atoms with Gasteiger partial charge in [-0.3, -0.25) is 9.59 Å². The van der Waals surface area contributed by atoms with Crippen molar-refractivity contribution >= 4 is 41.2 Å². The molecule has 1 atom stereocenters. The van der Waals surface area contributed by atoms with Crippen molar-refractivity contribution in [2.45, 2.75) is 19.0 Å². The lowest BCUT2D eigenvalue weighted by atomic mass is 10.2. The summed E-state index contributed by atoms with van der Waals surface area (Å²) in [6.45, 7) is 0.775. The Hall–Kier alpha value is -2.36. The van der Waals surface area contributed by atoms with Gasteiger partial charge in [-0.2, -0.15) is 0 Å². The second-order valence-electron chi connectivity index (χ2n) is 5.71. The Balaban J connectivity index is 0.00000261. The van der Waals surface area contributed by atoms with Crippen molar-refractivity contribution in [3.05, 3.63) is 34.3 Å². The van der Waals surface area contributed by atoms with Crippen molar-refractivity contribution in [1.29, 1.82) is 0 Å². The largest absolute Gasteiger partial charge is 0.497 e. The molecule has 3 N–H and O–H groups in total. The van der Waals surface area contributed by atoms with E-state index in [1.54, 1.807) is 42.7 Å². The van der Waals surface area contributed by atoms with Gasteiger partial charge >= 0.3 is 0 Å². The number of rotatable bonds is 6. The fraction of sp³-hybridized carbons (Fsp3) is 0.353. The van der Waals surface area contributed by atoms with Crippen molar-refractivity contribution in [2.75, 3.05) is 25.7 Å². The third-order valence-corrected chi connectivity index (χ3v) is 4.99. The van der Waals surface area contributed by atoms with E-state index >= 15 is 0 Å². The molecule has 8 nitrogen and oxygen atoms in total. The van der Waals surface area contributed by atoms with Crippen molar-refractivity contribution in [3.63, 3.8) is 0 Å². The van der Waals surface area contributed by atoms with Crippen LogP contribution in [0.15, 0.2) is 23.6 Å². The van der Waals surface area contributed by atoms with E-state index in [9.17, 15) is 9.59 Å². The number of ether oxygens (including phenoxy) is 2. The fourth-order valence-corrected chi connectivity index (χ4v) is 3.41. The Morgan fingerprint density at radius 3 is 2.56 bits per heavy atom. The normalized spacial score (nSPS) is 16.0. The molecular weight excluding hydrogens is 392 g/mol. The number of carbonyl (C=O) groups excluding carboxylic acids is 2. The van der Waals surface area contributed by atoms with Gasteiger partial charge in [-0.25, -0.2) is 4.98 Å². The Bertz CT molecular complexity index is 807. The lowest BCUT2D eigenvalue weighted by Crippen LogP contribution is -2.41. The first-order valence-electron chi connectivity index (χ1n) is 8.05. The smallest absolute Gasteiger partial charge is 0.271 e. The predicted molar refractivity (Wildman–Crippen MR) is 105 cm³/mol. The Morgan fingerprint density at radius 1 is 1.33 bits per heavy atom. The van der Waals surface area contributed by atoms with Gasteiger partial charge in [-0.15, -0.1) is 23.7 Å². The molecule has 1 unspecified atom stereocenters. The SMILES string of the molecule is COc1cc(OC)cc(N2CCC(NC(=O)c3csc(CN)n3)C2=O)c1.Cl. The maximum atomic E-state index is 12.7. The standard InChI is InChI=1S/C17H20N4O4S.ClH/c1-24-11-5-10(6-12(7-11)25-2)21-4-3-13(17(21)23)20-16(22)14-9-26-15(8-18)19-14;/h5-7,9,13H,3-4,8,18H2,1-2H3,(H,20,22);1H. The van der Waals surface area contributed by atoms with Gasteiger partial charge in [0.05, 0.1) is 19.9 Å². The fourth-order valence-electron chi connectivity index (χ4n) is 2.76. The van der Waals surface area contributed by atoms with Gasteiger partial charge in [0.2, 0.25) is 5.91 Å². The van der Waals surface area contributed by atoms with Crippen LogP contribution in [0, 0.1) is 0 Å². The highest BCUT2D eigenvalue weighted by Gasteiger charge is 2.34. The van der Waals surface area contributed by atoms with Crippen molar-refractivity contribution in [2.24, 2.45) is 5.73 Å². The number of methoxy groups -OCH3 is 2. The lowest BCUT2D eigenvalue weighted by molar-refractivity contribution is -0.118. The number of nitrogens with two attached hydrogens (primary N) is 1. The Kier molecular flexibility index (Phi) is 7.00. The van der Waals surface area contributed by atoms with E-state index in [1.165, 1.54) is 11.3 Å². The number of hydrogen-bond acceptors (Lipinski definition) is 7. The summed E-state index contributed by atoms with van der Waals surface area (Å²) in [7, 11) is 3.10. The molecule has 1 saturated heterocycles. The molecule has 146 valence electrons. The summed E-state index contributed by atoms with van der Waals surface area (Å²) in [6, 6.07) is 4.67. The summed E-state index contributed by atoms with van der Waals surface area (Å²) in [6.07, 6.45) is 0.512. The van der Waals surface area contributed by atoms with Gasteiger partial charge in [0, 0.05) is 36.7 Å². The average Bonchev–Trinajstić information content (AvgIpc) is 3.28. The highest BCUT2D eigenvalue weighted by atomic mass is 35.5. The van der Waals surface area contributed by atoms with E-state index < -0.39 is 6.04 Å². The van der Waals surface area contributed by atoms with Gasteiger partial charge in [-0.1, -0.05) is 0 Å². The molecule has 1 fully saturated rings. The molecule has 0 spiro atoms. The minimum Gasteiger partial charge on any atom is -0.497 e. The second-order valence-corrected chi connectivity index (χ2v) is 6.65. The minimum absolute atomic E-state index is 0. The highest BCUT2D eigenvalue weighted by Crippen LogP contribution is 2.31. The number of nitrogens with zero attached hydrogens (tertiary/aromatic N) is 2. The zero-order valence-corrected chi connectivity index (χ0v) is 16.6. The topological polar surface area (TPSA) is 107 Å². The van der Waals surface area contributed by atoms with Crippen LogP contribution < -0.4 is 25.4 Å². The molecule has 27 heavy (non-hydrogen) atoms.